The summed E-state index contributed by atoms with van der Waals surface area (Å²) in [4.78, 5) is 0. The molecular weight excluding hydrogens is 184 g/mol. The van der Waals surface area contributed by atoms with Crippen LogP contribution in [-0.4, -0.2) is 5.11 Å². The molecule has 0 fully saturated rings. The molecule has 0 heterocycles. The lowest BCUT2D eigenvalue weighted by Crippen LogP contribution is -2.08. The van der Waals surface area contributed by atoms with Gasteiger partial charge in [-0.15, -0.1) is 0 Å². The molecule has 1 N–H and O–H groups in total. The molecule has 0 spiro atoms. The van der Waals surface area contributed by atoms with Gasteiger partial charge in [-0.05, 0) is 41.9 Å². The summed E-state index contributed by atoms with van der Waals surface area (Å²) in [5.41, 5.74) is 4.04. The number of fused-ring (bicyclic) bond motifs is 1. The van der Waals surface area contributed by atoms with Crippen molar-refractivity contribution in [3.8, 4) is 0 Å². The molecule has 2 unspecified atom stereocenters. The van der Waals surface area contributed by atoms with Crippen LogP contribution in [0.25, 0.3) is 0 Å². The van der Waals surface area contributed by atoms with Gasteiger partial charge in [0.25, 0.3) is 0 Å². The maximum absolute atomic E-state index is 10.1. The molecule has 2 atom stereocenters. The summed E-state index contributed by atoms with van der Waals surface area (Å²) < 4.78 is 0. The van der Waals surface area contributed by atoms with Gasteiger partial charge < -0.3 is 5.11 Å². The van der Waals surface area contributed by atoms with E-state index in [-0.39, 0.29) is 6.10 Å². The molecule has 1 aliphatic carbocycles. The standard InChI is InChI=1S/C14H20O/c1-3-10(2)14(15)13-8-7-11-5-4-6-12(11)9-13/h7-10,14-15H,3-6H2,1-2H3. The summed E-state index contributed by atoms with van der Waals surface area (Å²) in [6.07, 6.45) is 4.42. The Labute approximate surface area is 92.1 Å². The van der Waals surface area contributed by atoms with Gasteiger partial charge in [0.15, 0.2) is 0 Å². The number of aliphatic hydroxyl groups excluding tert-OH is 1. The lowest BCUT2D eigenvalue weighted by Gasteiger charge is -2.18. The van der Waals surface area contributed by atoms with E-state index < -0.39 is 0 Å². The Kier molecular flexibility index (Phi) is 3.11. The Morgan fingerprint density at radius 2 is 2.00 bits per heavy atom. The third-order valence-corrected chi connectivity index (χ3v) is 3.65. The van der Waals surface area contributed by atoms with Crippen molar-refractivity contribution in [1.29, 1.82) is 0 Å². The van der Waals surface area contributed by atoms with E-state index in [9.17, 15) is 5.11 Å². The fourth-order valence-electron chi connectivity index (χ4n) is 2.33. The average molecular weight is 204 g/mol. The molecule has 0 bridgehead atoms. The first-order valence-corrected chi connectivity index (χ1v) is 6.02. The molecule has 1 aromatic rings. The van der Waals surface area contributed by atoms with E-state index in [2.05, 4.69) is 32.0 Å². The van der Waals surface area contributed by atoms with Crippen molar-refractivity contribution >= 4 is 0 Å². The molecule has 15 heavy (non-hydrogen) atoms. The molecule has 1 nitrogen and oxygen atoms in total. The molecule has 1 heteroatoms. The minimum Gasteiger partial charge on any atom is -0.388 e. The van der Waals surface area contributed by atoms with Crippen LogP contribution in [0.3, 0.4) is 0 Å². The van der Waals surface area contributed by atoms with Gasteiger partial charge in [-0.3, -0.25) is 0 Å². The summed E-state index contributed by atoms with van der Waals surface area (Å²) in [5.74, 6) is 0.351. The molecule has 2 rings (SSSR count). The second-order valence-electron chi connectivity index (χ2n) is 4.71. The Bertz CT molecular complexity index is 343. The SMILES string of the molecule is CCC(C)C(O)c1ccc2c(c1)CCC2. The maximum Gasteiger partial charge on any atom is 0.0815 e. The number of hydrogen-bond donors (Lipinski definition) is 1. The summed E-state index contributed by atoms with van der Waals surface area (Å²) in [6, 6.07) is 6.50. The highest BCUT2D eigenvalue weighted by molar-refractivity contribution is 5.36. The minimum absolute atomic E-state index is 0.291. The molecular formula is C14H20O. The van der Waals surface area contributed by atoms with Crippen molar-refractivity contribution in [1.82, 2.24) is 0 Å². The Hall–Kier alpha value is -0.820. The highest BCUT2D eigenvalue weighted by Gasteiger charge is 2.17. The largest absolute Gasteiger partial charge is 0.388 e. The van der Waals surface area contributed by atoms with Gasteiger partial charge in [-0.2, -0.15) is 0 Å². The van der Waals surface area contributed by atoms with Gasteiger partial charge in [0.05, 0.1) is 6.10 Å². The van der Waals surface area contributed by atoms with Gasteiger partial charge in [0, 0.05) is 0 Å². The zero-order valence-electron chi connectivity index (χ0n) is 9.66. The van der Waals surface area contributed by atoms with E-state index in [0.717, 1.165) is 12.0 Å². The Balaban J connectivity index is 2.22. The average Bonchev–Trinajstić information content (AvgIpc) is 2.73. The van der Waals surface area contributed by atoms with E-state index in [1.165, 1.54) is 30.4 Å². The first kappa shape index (κ1) is 10.7. The third-order valence-electron chi connectivity index (χ3n) is 3.65. The molecule has 0 aromatic heterocycles. The van der Waals surface area contributed by atoms with Crippen LogP contribution in [0.15, 0.2) is 18.2 Å². The van der Waals surface area contributed by atoms with Crippen LogP contribution < -0.4 is 0 Å². The third kappa shape index (κ3) is 2.07. The summed E-state index contributed by atoms with van der Waals surface area (Å²) >= 11 is 0. The number of aliphatic hydroxyl groups is 1. The van der Waals surface area contributed by atoms with Crippen LogP contribution in [0.1, 0.15) is 49.5 Å². The zero-order valence-corrected chi connectivity index (χ0v) is 9.66. The smallest absolute Gasteiger partial charge is 0.0815 e. The number of hydrogen-bond acceptors (Lipinski definition) is 1. The van der Waals surface area contributed by atoms with Crippen LogP contribution in [0.2, 0.25) is 0 Å². The maximum atomic E-state index is 10.1. The topological polar surface area (TPSA) is 20.2 Å². The predicted octanol–water partition coefficient (Wildman–Crippen LogP) is 3.25. The molecule has 0 radical (unpaired) electrons. The highest BCUT2D eigenvalue weighted by atomic mass is 16.3. The first-order chi connectivity index (χ1) is 7.22. The normalized spacial score (nSPS) is 18.6. The monoisotopic (exact) mass is 204 g/mol. The predicted molar refractivity (Wildman–Crippen MR) is 62.9 cm³/mol. The first-order valence-electron chi connectivity index (χ1n) is 6.02. The van der Waals surface area contributed by atoms with E-state index in [0.29, 0.717) is 5.92 Å². The van der Waals surface area contributed by atoms with Crippen LogP contribution >= 0.6 is 0 Å². The van der Waals surface area contributed by atoms with Crippen molar-refractivity contribution < 1.29 is 5.11 Å². The molecule has 0 aliphatic heterocycles. The molecule has 0 saturated heterocycles. The molecule has 82 valence electrons. The van der Waals surface area contributed by atoms with Crippen molar-refractivity contribution in [3.05, 3.63) is 34.9 Å². The second kappa shape index (κ2) is 4.36. The second-order valence-corrected chi connectivity index (χ2v) is 4.71. The van der Waals surface area contributed by atoms with Gasteiger partial charge in [-0.1, -0.05) is 38.5 Å². The number of rotatable bonds is 3. The Morgan fingerprint density at radius 3 is 2.73 bits per heavy atom. The minimum atomic E-state index is -0.291. The molecule has 0 amide bonds. The number of aryl methyl sites for hydroxylation is 2. The lowest BCUT2D eigenvalue weighted by atomic mass is 9.93. The molecule has 1 aliphatic rings. The van der Waals surface area contributed by atoms with Crippen molar-refractivity contribution in [2.24, 2.45) is 5.92 Å². The summed E-state index contributed by atoms with van der Waals surface area (Å²) in [5, 5.41) is 10.1. The van der Waals surface area contributed by atoms with Crippen molar-refractivity contribution in [2.45, 2.75) is 45.6 Å². The zero-order chi connectivity index (χ0) is 10.8. The summed E-state index contributed by atoms with van der Waals surface area (Å²) in [7, 11) is 0. The van der Waals surface area contributed by atoms with E-state index in [1.54, 1.807) is 0 Å². The molecule has 0 saturated carbocycles. The van der Waals surface area contributed by atoms with Gasteiger partial charge in [0.2, 0.25) is 0 Å². The van der Waals surface area contributed by atoms with Crippen LogP contribution in [-0.2, 0) is 12.8 Å². The van der Waals surface area contributed by atoms with Crippen molar-refractivity contribution in [3.63, 3.8) is 0 Å². The van der Waals surface area contributed by atoms with Gasteiger partial charge in [0.1, 0.15) is 0 Å². The summed E-state index contributed by atoms with van der Waals surface area (Å²) in [6.45, 7) is 4.24. The van der Waals surface area contributed by atoms with Crippen LogP contribution in [0, 0.1) is 5.92 Å². The fourth-order valence-corrected chi connectivity index (χ4v) is 2.33. The van der Waals surface area contributed by atoms with Crippen LogP contribution in [0.4, 0.5) is 0 Å². The fraction of sp³-hybridized carbons (Fsp3) is 0.571. The quantitative estimate of drug-likeness (QED) is 0.801. The molecule has 1 aromatic carbocycles. The number of benzene rings is 1. The lowest BCUT2D eigenvalue weighted by molar-refractivity contribution is 0.115. The van der Waals surface area contributed by atoms with E-state index in [4.69, 9.17) is 0 Å². The van der Waals surface area contributed by atoms with E-state index in [1.807, 2.05) is 0 Å². The Morgan fingerprint density at radius 1 is 1.27 bits per heavy atom. The van der Waals surface area contributed by atoms with Gasteiger partial charge >= 0.3 is 0 Å². The highest BCUT2D eigenvalue weighted by Crippen LogP contribution is 2.29. The van der Waals surface area contributed by atoms with E-state index >= 15 is 0 Å². The van der Waals surface area contributed by atoms with Crippen LogP contribution in [0.5, 0.6) is 0 Å². The van der Waals surface area contributed by atoms with Crippen molar-refractivity contribution in [2.75, 3.05) is 0 Å². The van der Waals surface area contributed by atoms with Gasteiger partial charge in [-0.25, -0.2) is 0 Å².